The average Bonchev–Trinajstić information content (AvgIpc) is 3.03. The van der Waals surface area contributed by atoms with Crippen LogP contribution in [0, 0.1) is 13.8 Å². The van der Waals surface area contributed by atoms with E-state index in [9.17, 15) is 18.0 Å². The van der Waals surface area contributed by atoms with Gasteiger partial charge in [-0.25, -0.2) is 8.42 Å². The number of nitrogens with one attached hydrogen (secondary N) is 1. The van der Waals surface area contributed by atoms with Gasteiger partial charge in [-0.3, -0.25) is 13.9 Å². The summed E-state index contributed by atoms with van der Waals surface area (Å²) in [6.07, 6.45) is 0.973. The van der Waals surface area contributed by atoms with E-state index in [2.05, 4.69) is 5.32 Å². The van der Waals surface area contributed by atoms with Crippen molar-refractivity contribution in [2.75, 3.05) is 10.8 Å². The molecule has 236 valence electrons. The number of benzene rings is 4. The second kappa shape index (κ2) is 15.2. The fraction of sp³-hybridized carbons (Fsp3) is 0.278. The molecule has 0 saturated heterocycles. The van der Waals surface area contributed by atoms with Gasteiger partial charge in [0.1, 0.15) is 12.6 Å². The Morgan fingerprint density at radius 3 is 2.09 bits per heavy atom. The van der Waals surface area contributed by atoms with E-state index in [4.69, 9.17) is 11.6 Å². The van der Waals surface area contributed by atoms with Crippen LogP contribution in [0.4, 0.5) is 5.69 Å². The molecule has 0 aliphatic heterocycles. The molecule has 0 spiro atoms. The maximum absolute atomic E-state index is 14.6. The van der Waals surface area contributed by atoms with Gasteiger partial charge in [-0.05, 0) is 79.8 Å². The largest absolute Gasteiger partial charge is 0.352 e. The second-order valence-corrected chi connectivity index (χ2v) is 13.5. The highest BCUT2D eigenvalue weighted by Crippen LogP contribution is 2.30. The summed E-state index contributed by atoms with van der Waals surface area (Å²) in [5.41, 5.74) is 3.62. The van der Waals surface area contributed by atoms with Crippen LogP contribution >= 0.6 is 11.6 Å². The number of hydrogen-bond donors (Lipinski definition) is 1. The van der Waals surface area contributed by atoms with Gasteiger partial charge in [0.15, 0.2) is 0 Å². The lowest BCUT2D eigenvalue weighted by Gasteiger charge is -2.35. The number of carbonyl (C=O) groups excluding carboxylic acids is 2. The SMILES string of the molecule is CC[C@H](C)NC(=O)[C@@H](Cc1ccccc1)N(Cc1ccccc1C)C(=O)CN(c1ccc(Cl)cc1C)S(=O)(=O)c1ccccc1. The minimum absolute atomic E-state index is 0.0490. The maximum Gasteiger partial charge on any atom is 0.264 e. The summed E-state index contributed by atoms with van der Waals surface area (Å²) in [4.78, 5) is 30.1. The molecule has 0 aliphatic carbocycles. The van der Waals surface area contributed by atoms with E-state index in [0.29, 0.717) is 22.7 Å². The van der Waals surface area contributed by atoms with Crippen LogP contribution in [0.2, 0.25) is 5.02 Å². The predicted molar refractivity (Wildman–Crippen MR) is 181 cm³/mol. The van der Waals surface area contributed by atoms with Crippen molar-refractivity contribution in [2.45, 2.75) is 64.1 Å². The van der Waals surface area contributed by atoms with E-state index in [1.54, 1.807) is 43.3 Å². The van der Waals surface area contributed by atoms with E-state index in [1.165, 1.54) is 17.0 Å². The van der Waals surface area contributed by atoms with Crippen molar-refractivity contribution in [2.24, 2.45) is 0 Å². The fourth-order valence-electron chi connectivity index (χ4n) is 5.10. The summed E-state index contributed by atoms with van der Waals surface area (Å²) in [6, 6.07) is 29.1. The lowest BCUT2D eigenvalue weighted by Crippen LogP contribution is -2.54. The number of hydrogen-bond acceptors (Lipinski definition) is 4. The molecule has 9 heteroatoms. The molecule has 0 fully saturated rings. The standard InChI is InChI=1S/C36H40ClN3O4S/c1-5-28(4)38-36(42)34(23-29-15-8-6-9-16-29)39(24-30-17-13-12-14-26(30)2)35(41)25-40(33-21-20-31(37)22-27(33)3)45(43,44)32-18-10-7-11-19-32/h6-22,28,34H,5,23-25H2,1-4H3,(H,38,42)/t28-,34+/m0/s1. The number of rotatable bonds is 13. The molecule has 0 aromatic heterocycles. The highest BCUT2D eigenvalue weighted by Gasteiger charge is 2.35. The summed E-state index contributed by atoms with van der Waals surface area (Å²) in [6.45, 7) is 7.20. The van der Waals surface area contributed by atoms with Crippen molar-refractivity contribution >= 4 is 39.1 Å². The van der Waals surface area contributed by atoms with Gasteiger partial charge in [0.25, 0.3) is 10.0 Å². The highest BCUT2D eigenvalue weighted by atomic mass is 35.5. The van der Waals surface area contributed by atoms with Crippen LogP contribution in [0.1, 0.15) is 42.5 Å². The Morgan fingerprint density at radius 2 is 1.47 bits per heavy atom. The van der Waals surface area contributed by atoms with Gasteiger partial charge in [-0.1, -0.05) is 91.3 Å². The molecule has 0 saturated carbocycles. The van der Waals surface area contributed by atoms with Crippen LogP contribution in [0.25, 0.3) is 0 Å². The summed E-state index contributed by atoms with van der Waals surface area (Å²) >= 11 is 6.23. The number of amides is 2. The molecule has 1 N–H and O–H groups in total. The molecular weight excluding hydrogens is 606 g/mol. The second-order valence-electron chi connectivity index (χ2n) is 11.2. The van der Waals surface area contributed by atoms with E-state index in [0.717, 1.165) is 21.0 Å². The lowest BCUT2D eigenvalue weighted by molar-refractivity contribution is -0.140. The Kier molecular flexibility index (Phi) is 11.4. The molecule has 4 aromatic rings. The van der Waals surface area contributed by atoms with Crippen molar-refractivity contribution in [3.05, 3.63) is 130 Å². The third-order valence-corrected chi connectivity index (χ3v) is 9.92. The van der Waals surface area contributed by atoms with Crippen molar-refractivity contribution in [3.8, 4) is 0 Å². The Hall–Kier alpha value is -4.14. The Morgan fingerprint density at radius 1 is 0.844 bits per heavy atom. The van der Waals surface area contributed by atoms with Gasteiger partial charge in [0.05, 0.1) is 10.6 Å². The van der Waals surface area contributed by atoms with Crippen LogP contribution in [-0.4, -0.2) is 43.8 Å². The molecule has 0 radical (unpaired) electrons. The molecule has 4 rings (SSSR count). The van der Waals surface area contributed by atoms with Crippen LogP contribution in [0.5, 0.6) is 0 Å². The monoisotopic (exact) mass is 645 g/mol. The predicted octanol–water partition coefficient (Wildman–Crippen LogP) is 6.71. The molecule has 4 aromatic carbocycles. The smallest absolute Gasteiger partial charge is 0.264 e. The Balaban J connectivity index is 1.83. The number of aryl methyl sites for hydroxylation is 2. The molecule has 0 bridgehead atoms. The van der Waals surface area contributed by atoms with E-state index >= 15 is 0 Å². The molecule has 45 heavy (non-hydrogen) atoms. The third kappa shape index (κ3) is 8.53. The number of carbonyl (C=O) groups is 2. The number of nitrogens with zero attached hydrogens (tertiary/aromatic N) is 2. The molecule has 0 heterocycles. The topological polar surface area (TPSA) is 86.8 Å². The molecule has 2 amide bonds. The first kappa shape index (κ1) is 33.7. The summed E-state index contributed by atoms with van der Waals surface area (Å²) in [5, 5.41) is 3.51. The molecule has 0 aliphatic rings. The average molecular weight is 646 g/mol. The minimum atomic E-state index is -4.18. The molecule has 2 atom stereocenters. The van der Waals surface area contributed by atoms with E-state index in [1.807, 2.05) is 75.4 Å². The number of sulfonamides is 1. The summed E-state index contributed by atoms with van der Waals surface area (Å²) in [5.74, 6) is -0.803. The zero-order valence-electron chi connectivity index (χ0n) is 26.1. The van der Waals surface area contributed by atoms with Gasteiger partial charge in [0, 0.05) is 24.0 Å². The summed E-state index contributed by atoms with van der Waals surface area (Å²) < 4.78 is 29.4. The van der Waals surface area contributed by atoms with Gasteiger partial charge >= 0.3 is 0 Å². The van der Waals surface area contributed by atoms with Crippen molar-refractivity contribution in [1.82, 2.24) is 10.2 Å². The van der Waals surface area contributed by atoms with E-state index in [-0.39, 0.29) is 29.8 Å². The van der Waals surface area contributed by atoms with Gasteiger partial charge in [-0.15, -0.1) is 0 Å². The van der Waals surface area contributed by atoms with Crippen LogP contribution in [0.15, 0.2) is 108 Å². The number of anilines is 1. The third-order valence-electron chi connectivity index (χ3n) is 7.91. The lowest BCUT2D eigenvalue weighted by atomic mass is 10.0. The van der Waals surface area contributed by atoms with Gasteiger partial charge in [0.2, 0.25) is 11.8 Å². The molecular formula is C36H40ClN3O4S. The molecule has 7 nitrogen and oxygen atoms in total. The van der Waals surface area contributed by atoms with Crippen LogP contribution < -0.4 is 9.62 Å². The molecule has 0 unspecified atom stereocenters. The first-order chi connectivity index (χ1) is 21.5. The van der Waals surface area contributed by atoms with Crippen molar-refractivity contribution in [3.63, 3.8) is 0 Å². The quantitative estimate of drug-likeness (QED) is 0.175. The summed E-state index contributed by atoms with van der Waals surface area (Å²) in [7, 11) is -4.18. The maximum atomic E-state index is 14.6. The highest BCUT2D eigenvalue weighted by molar-refractivity contribution is 7.92. The van der Waals surface area contributed by atoms with Crippen molar-refractivity contribution < 1.29 is 18.0 Å². The zero-order valence-corrected chi connectivity index (χ0v) is 27.7. The van der Waals surface area contributed by atoms with E-state index < -0.39 is 28.5 Å². The minimum Gasteiger partial charge on any atom is -0.352 e. The van der Waals surface area contributed by atoms with Crippen LogP contribution in [-0.2, 0) is 32.6 Å². The normalized spacial score (nSPS) is 12.6. The van der Waals surface area contributed by atoms with Gasteiger partial charge < -0.3 is 10.2 Å². The van der Waals surface area contributed by atoms with Crippen LogP contribution in [0.3, 0.4) is 0 Å². The van der Waals surface area contributed by atoms with Crippen molar-refractivity contribution in [1.29, 1.82) is 0 Å². The zero-order chi connectivity index (χ0) is 32.6. The first-order valence-corrected chi connectivity index (χ1v) is 16.8. The number of halogens is 1. The fourth-order valence-corrected chi connectivity index (χ4v) is 6.82. The Bertz CT molecular complexity index is 1720. The Labute approximate surface area is 271 Å². The van der Waals surface area contributed by atoms with Gasteiger partial charge in [-0.2, -0.15) is 0 Å². The first-order valence-electron chi connectivity index (χ1n) is 15.0.